The summed E-state index contributed by atoms with van der Waals surface area (Å²) in [6, 6.07) is 9.69. The molecule has 0 aliphatic rings. The molecule has 130 valence electrons. The zero-order valence-electron chi connectivity index (χ0n) is 13.8. The number of hydrogen-bond acceptors (Lipinski definition) is 3. The van der Waals surface area contributed by atoms with Gasteiger partial charge in [-0.2, -0.15) is 0 Å². The van der Waals surface area contributed by atoms with Crippen LogP contribution in [-0.4, -0.2) is 19.5 Å². The summed E-state index contributed by atoms with van der Waals surface area (Å²) in [5, 5.41) is 0. The predicted octanol–water partition coefficient (Wildman–Crippen LogP) is 3.42. The van der Waals surface area contributed by atoms with E-state index in [-0.39, 0.29) is 23.4 Å². The molecule has 0 fully saturated rings. The number of H-pyrrole nitrogens is 1. The maximum Gasteiger partial charge on any atom is 0.328 e. The lowest BCUT2D eigenvalue weighted by molar-refractivity contribution is 0.570. The first kappa shape index (κ1) is 16.1. The maximum absolute atomic E-state index is 14.4. The van der Waals surface area contributed by atoms with E-state index in [1.165, 1.54) is 29.8 Å². The summed E-state index contributed by atoms with van der Waals surface area (Å²) in [6.07, 6.45) is 3.11. The van der Waals surface area contributed by atoms with Crippen molar-refractivity contribution in [1.82, 2.24) is 19.5 Å². The highest BCUT2D eigenvalue weighted by Gasteiger charge is 2.15. The lowest BCUT2D eigenvalue weighted by Gasteiger charge is -2.08. The molecule has 4 aromatic rings. The molecule has 0 aliphatic carbocycles. The molecular formula is C19H14F2N4O. The second-order valence-electron chi connectivity index (χ2n) is 5.96. The number of fused-ring (bicyclic) bond motifs is 1. The normalized spacial score (nSPS) is 11.2. The Kier molecular flexibility index (Phi) is 3.84. The first-order valence-electron chi connectivity index (χ1n) is 7.98. The largest absolute Gasteiger partial charge is 0.328 e. The topological polar surface area (TPSA) is 63.6 Å². The summed E-state index contributed by atoms with van der Waals surface area (Å²) in [5.74, 6) is -1.24. The fraction of sp³-hybridized carbons (Fsp3) is 0.105. The van der Waals surface area contributed by atoms with Gasteiger partial charge in [-0.1, -0.05) is 6.07 Å². The highest BCUT2D eigenvalue weighted by molar-refractivity contribution is 5.78. The van der Waals surface area contributed by atoms with Crippen LogP contribution in [0.25, 0.3) is 22.3 Å². The monoisotopic (exact) mass is 352 g/mol. The zero-order valence-corrected chi connectivity index (χ0v) is 13.8. The quantitative estimate of drug-likeness (QED) is 0.614. The van der Waals surface area contributed by atoms with Gasteiger partial charge in [0.2, 0.25) is 0 Å². The highest BCUT2D eigenvalue weighted by atomic mass is 19.1. The molecule has 1 N–H and O–H groups in total. The molecule has 0 bridgehead atoms. The molecule has 1 aromatic carbocycles. The third-order valence-electron chi connectivity index (χ3n) is 4.31. The summed E-state index contributed by atoms with van der Waals surface area (Å²) in [4.78, 5) is 23.4. The van der Waals surface area contributed by atoms with Gasteiger partial charge in [0, 0.05) is 29.1 Å². The number of nitrogens with one attached hydrogen (secondary N) is 1. The van der Waals surface area contributed by atoms with Crippen molar-refractivity contribution in [1.29, 1.82) is 0 Å². The van der Waals surface area contributed by atoms with Crippen LogP contribution in [0.2, 0.25) is 0 Å². The van der Waals surface area contributed by atoms with Gasteiger partial charge in [0.05, 0.1) is 17.8 Å². The van der Waals surface area contributed by atoms with Gasteiger partial charge >= 0.3 is 5.69 Å². The van der Waals surface area contributed by atoms with E-state index in [1.54, 1.807) is 18.3 Å². The van der Waals surface area contributed by atoms with Crippen molar-refractivity contribution in [3.05, 3.63) is 82.2 Å². The molecule has 0 spiro atoms. The second kappa shape index (κ2) is 6.18. The summed E-state index contributed by atoms with van der Waals surface area (Å²) in [7, 11) is 0. The molecular weight excluding hydrogens is 338 g/mol. The number of benzene rings is 1. The van der Waals surface area contributed by atoms with Gasteiger partial charge in [-0.05, 0) is 37.3 Å². The molecule has 0 atom stereocenters. The highest BCUT2D eigenvalue weighted by Crippen LogP contribution is 2.27. The van der Waals surface area contributed by atoms with E-state index in [0.29, 0.717) is 22.4 Å². The molecule has 26 heavy (non-hydrogen) atoms. The average Bonchev–Trinajstić information content (AvgIpc) is 2.96. The van der Waals surface area contributed by atoms with Crippen molar-refractivity contribution in [3.63, 3.8) is 0 Å². The Labute approximate surface area is 147 Å². The molecule has 0 amide bonds. The maximum atomic E-state index is 14.4. The molecule has 7 heteroatoms. The van der Waals surface area contributed by atoms with Gasteiger partial charge < -0.3 is 0 Å². The summed E-state index contributed by atoms with van der Waals surface area (Å²) in [5.41, 5.74) is 1.95. The van der Waals surface area contributed by atoms with Gasteiger partial charge in [0.25, 0.3) is 0 Å². The van der Waals surface area contributed by atoms with E-state index in [4.69, 9.17) is 0 Å². The van der Waals surface area contributed by atoms with Crippen LogP contribution in [0.1, 0.15) is 11.3 Å². The smallest absolute Gasteiger partial charge is 0.290 e. The molecule has 3 aromatic heterocycles. The van der Waals surface area contributed by atoms with Gasteiger partial charge in [0.1, 0.15) is 11.6 Å². The molecule has 3 heterocycles. The van der Waals surface area contributed by atoms with Crippen molar-refractivity contribution in [2.24, 2.45) is 0 Å². The van der Waals surface area contributed by atoms with E-state index in [0.717, 1.165) is 0 Å². The lowest BCUT2D eigenvalue weighted by atomic mass is 10.0. The minimum absolute atomic E-state index is 0.0532. The summed E-state index contributed by atoms with van der Waals surface area (Å²) >= 11 is 0. The van der Waals surface area contributed by atoms with Crippen LogP contribution >= 0.6 is 0 Å². The van der Waals surface area contributed by atoms with E-state index < -0.39 is 11.6 Å². The van der Waals surface area contributed by atoms with Crippen molar-refractivity contribution in [2.45, 2.75) is 13.5 Å². The number of pyridine rings is 2. The Hall–Kier alpha value is -3.35. The predicted molar refractivity (Wildman–Crippen MR) is 93.8 cm³/mol. The van der Waals surface area contributed by atoms with Crippen LogP contribution in [0.4, 0.5) is 8.78 Å². The van der Waals surface area contributed by atoms with E-state index >= 15 is 0 Å². The number of aromatic nitrogens is 4. The van der Waals surface area contributed by atoms with Gasteiger partial charge in [-0.3, -0.25) is 14.5 Å². The summed E-state index contributed by atoms with van der Waals surface area (Å²) in [6.45, 7) is 1.64. The van der Waals surface area contributed by atoms with E-state index in [2.05, 4.69) is 15.0 Å². The van der Waals surface area contributed by atoms with Crippen molar-refractivity contribution in [2.75, 3.05) is 0 Å². The van der Waals surface area contributed by atoms with Crippen LogP contribution in [0.3, 0.4) is 0 Å². The Balaban J connectivity index is 1.86. The fourth-order valence-corrected chi connectivity index (χ4v) is 2.88. The average molecular weight is 352 g/mol. The van der Waals surface area contributed by atoms with E-state index in [9.17, 15) is 13.6 Å². The fourth-order valence-electron chi connectivity index (χ4n) is 2.88. The Morgan fingerprint density at radius 2 is 2.00 bits per heavy atom. The number of aromatic amines is 1. The third kappa shape index (κ3) is 2.67. The zero-order chi connectivity index (χ0) is 18.3. The SMILES string of the molecule is Cc1c(F)ccc(-c2cnc3[nH]c(=O)n(Cc4ccccn4)c3c2)c1F. The van der Waals surface area contributed by atoms with E-state index in [1.807, 2.05) is 12.1 Å². The Bertz CT molecular complexity index is 1170. The first-order valence-corrected chi connectivity index (χ1v) is 7.98. The molecule has 0 saturated heterocycles. The lowest BCUT2D eigenvalue weighted by Crippen LogP contribution is -2.17. The van der Waals surface area contributed by atoms with Crippen molar-refractivity contribution < 1.29 is 8.78 Å². The number of halogens is 2. The van der Waals surface area contributed by atoms with Gasteiger partial charge in [-0.25, -0.2) is 18.6 Å². The number of nitrogens with zero attached hydrogens (tertiary/aromatic N) is 3. The minimum Gasteiger partial charge on any atom is -0.290 e. The van der Waals surface area contributed by atoms with Crippen LogP contribution in [0, 0.1) is 18.6 Å². The molecule has 0 saturated carbocycles. The minimum atomic E-state index is -0.639. The Morgan fingerprint density at radius 1 is 1.15 bits per heavy atom. The van der Waals surface area contributed by atoms with Gasteiger partial charge in [0.15, 0.2) is 5.65 Å². The van der Waals surface area contributed by atoms with Crippen LogP contribution < -0.4 is 5.69 Å². The molecule has 0 radical (unpaired) electrons. The third-order valence-corrected chi connectivity index (χ3v) is 4.31. The number of rotatable bonds is 3. The van der Waals surface area contributed by atoms with Crippen LogP contribution in [0.5, 0.6) is 0 Å². The second-order valence-corrected chi connectivity index (χ2v) is 5.96. The standard InChI is InChI=1S/C19H14F2N4O/c1-11-15(20)6-5-14(17(11)21)12-8-16-18(23-9-12)24-19(26)25(16)10-13-4-2-3-7-22-13/h2-9H,10H2,1H3,(H,23,24,26). The Morgan fingerprint density at radius 3 is 2.77 bits per heavy atom. The number of hydrogen-bond donors (Lipinski definition) is 1. The van der Waals surface area contributed by atoms with Crippen molar-refractivity contribution >= 4 is 11.2 Å². The van der Waals surface area contributed by atoms with Crippen molar-refractivity contribution in [3.8, 4) is 11.1 Å². The van der Waals surface area contributed by atoms with Gasteiger partial charge in [-0.15, -0.1) is 0 Å². The summed E-state index contributed by atoms with van der Waals surface area (Å²) < 4.78 is 29.5. The first-order chi connectivity index (χ1) is 12.5. The molecule has 0 unspecified atom stereocenters. The molecule has 5 nitrogen and oxygen atoms in total. The van der Waals surface area contributed by atoms with Crippen LogP contribution in [0.15, 0.2) is 53.6 Å². The molecule has 0 aliphatic heterocycles. The molecule has 4 rings (SSSR count). The number of imidazole rings is 1. The van der Waals surface area contributed by atoms with Crippen LogP contribution in [-0.2, 0) is 6.54 Å².